The number of rotatable bonds is 2. The van der Waals surface area contributed by atoms with Gasteiger partial charge >= 0.3 is 0 Å². The van der Waals surface area contributed by atoms with Crippen molar-refractivity contribution in [1.82, 2.24) is 0 Å². The van der Waals surface area contributed by atoms with Gasteiger partial charge < -0.3 is 5.32 Å². The van der Waals surface area contributed by atoms with Crippen LogP contribution in [0.1, 0.15) is 11.1 Å². The summed E-state index contributed by atoms with van der Waals surface area (Å²) in [7, 11) is 0. The number of carbonyl (C=O) groups excluding carboxylic acids is 1. The van der Waals surface area contributed by atoms with Crippen molar-refractivity contribution in [2.75, 3.05) is 11.9 Å². The van der Waals surface area contributed by atoms with Crippen LogP contribution in [0, 0.1) is 0 Å². The zero-order valence-corrected chi connectivity index (χ0v) is 13.0. The number of amides is 1. The van der Waals surface area contributed by atoms with Gasteiger partial charge in [-0.25, -0.2) is 0 Å². The average molecular weight is 331 g/mol. The van der Waals surface area contributed by atoms with Crippen molar-refractivity contribution in [3.8, 4) is 0 Å². The molecule has 0 spiro atoms. The Morgan fingerprint density at radius 1 is 1.05 bits per heavy atom. The van der Waals surface area contributed by atoms with Gasteiger partial charge in [-0.1, -0.05) is 59.6 Å². The second-order valence-corrected chi connectivity index (χ2v) is 5.56. The lowest BCUT2D eigenvalue weighted by atomic mass is 10.1. The van der Waals surface area contributed by atoms with E-state index in [2.05, 4.69) is 10.3 Å². The van der Waals surface area contributed by atoms with Crippen molar-refractivity contribution in [3.63, 3.8) is 0 Å². The Hall–Kier alpha value is -2.10. The number of allylic oxidation sites excluding steroid dienone is 1. The number of anilines is 1. The lowest BCUT2D eigenvalue weighted by molar-refractivity contribution is -0.114. The maximum Gasteiger partial charge on any atom is 0.246 e. The molecule has 3 rings (SSSR count). The fraction of sp³-hybridized carbons (Fsp3) is 0.0588. The summed E-state index contributed by atoms with van der Waals surface area (Å²) >= 11 is 12.2. The molecule has 0 atom stereocenters. The highest BCUT2D eigenvalue weighted by molar-refractivity contribution is 6.43. The highest BCUT2D eigenvalue weighted by atomic mass is 35.5. The number of nitrogens with one attached hydrogen (secondary N) is 1. The van der Waals surface area contributed by atoms with Crippen LogP contribution < -0.4 is 5.32 Å². The largest absolute Gasteiger partial charge is 0.324 e. The average Bonchev–Trinajstić information content (AvgIpc) is 2.67. The van der Waals surface area contributed by atoms with Crippen LogP contribution in [0.25, 0.3) is 6.08 Å². The molecule has 2 aromatic rings. The first-order chi connectivity index (χ1) is 10.6. The van der Waals surface area contributed by atoms with Crippen molar-refractivity contribution in [3.05, 3.63) is 69.7 Å². The van der Waals surface area contributed by atoms with Gasteiger partial charge in [-0.3, -0.25) is 9.79 Å². The van der Waals surface area contributed by atoms with Gasteiger partial charge in [0.15, 0.2) is 0 Å². The van der Waals surface area contributed by atoms with Crippen molar-refractivity contribution >= 4 is 46.6 Å². The van der Waals surface area contributed by atoms with Crippen LogP contribution in [0.3, 0.4) is 0 Å². The van der Waals surface area contributed by atoms with Gasteiger partial charge in [-0.05, 0) is 23.8 Å². The Morgan fingerprint density at radius 3 is 2.73 bits per heavy atom. The van der Waals surface area contributed by atoms with E-state index < -0.39 is 0 Å². The van der Waals surface area contributed by atoms with Crippen molar-refractivity contribution in [2.24, 2.45) is 4.99 Å². The summed E-state index contributed by atoms with van der Waals surface area (Å²) in [5, 5.41) is 3.84. The fourth-order valence-electron chi connectivity index (χ4n) is 2.21. The van der Waals surface area contributed by atoms with Gasteiger partial charge in [0.25, 0.3) is 0 Å². The third-order valence-electron chi connectivity index (χ3n) is 3.27. The van der Waals surface area contributed by atoms with Gasteiger partial charge in [-0.15, -0.1) is 0 Å². The number of aliphatic imine (C=N–C) groups is 1. The molecule has 0 bridgehead atoms. The number of carbonyl (C=O) groups is 1. The molecule has 1 aliphatic heterocycles. The SMILES string of the molecule is O=C1CN=C(C=Cc2cccc(Cl)c2Cl)c2ccccc2N1. The quantitative estimate of drug-likeness (QED) is 0.868. The standard InChI is InChI=1S/C17H12Cl2N2O/c18-13-6-3-4-11(17(13)19)8-9-14-12-5-1-2-7-15(12)21-16(22)10-20-14/h1-9H,10H2,(H,21,22). The maximum absolute atomic E-state index is 11.7. The molecule has 1 amide bonds. The summed E-state index contributed by atoms with van der Waals surface area (Å²) in [5.41, 5.74) is 3.16. The van der Waals surface area contributed by atoms with E-state index in [0.29, 0.717) is 10.0 Å². The summed E-state index contributed by atoms with van der Waals surface area (Å²) in [6.45, 7) is 0.0949. The number of halogens is 2. The minimum absolute atomic E-state index is 0.0949. The van der Waals surface area contributed by atoms with E-state index >= 15 is 0 Å². The van der Waals surface area contributed by atoms with Crippen molar-refractivity contribution in [1.29, 1.82) is 0 Å². The first-order valence-electron chi connectivity index (χ1n) is 6.71. The number of benzodiazepines with no additional fused rings is 1. The molecule has 0 fully saturated rings. The zero-order chi connectivity index (χ0) is 15.5. The summed E-state index contributed by atoms with van der Waals surface area (Å²) in [6, 6.07) is 13.0. The Morgan fingerprint density at radius 2 is 1.86 bits per heavy atom. The highest BCUT2D eigenvalue weighted by Gasteiger charge is 2.14. The van der Waals surface area contributed by atoms with E-state index in [4.69, 9.17) is 23.2 Å². The van der Waals surface area contributed by atoms with Crippen LogP contribution in [-0.4, -0.2) is 18.2 Å². The summed E-state index contributed by atoms with van der Waals surface area (Å²) in [6.07, 6.45) is 3.69. The topological polar surface area (TPSA) is 41.5 Å². The van der Waals surface area contributed by atoms with Gasteiger partial charge in [0.1, 0.15) is 6.54 Å². The number of fused-ring (bicyclic) bond motifs is 1. The molecular formula is C17H12Cl2N2O. The second-order valence-electron chi connectivity index (χ2n) is 4.77. The van der Waals surface area contributed by atoms with Crippen LogP contribution in [0.15, 0.2) is 53.5 Å². The Balaban J connectivity index is 1.99. The summed E-state index contributed by atoms with van der Waals surface area (Å²) in [4.78, 5) is 16.0. The normalized spacial score (nSPS) is 14.3. The molecule has 110 valence electrons. The first kappa shape index (κ1) is 14.8. The Bertz CT molecular complexity index is 797. The Labute approximate surface area is 138 Å². The summed E-state index contributed by atoms with van der Waals surface area (Å²) < 4.78 is 0. The predicted molar refractivity (Wildman–Crippen MR) is 92.0 cm³/mol. The molecule has 0 saturated heterocycles. The molecule has 0 unspecified atom stereocenters. The molecule has 0 aromatic heterocycles. The van der Waals surface area contributed by atoms with Crippen LogP contribution in [-0.2, 0) is 4.79 Å². The van der Waals surface area contributed by atoms with E-state index in [1.54, 1.807) is 6.07 Å². The molecule has 1 aliphatic rings. The number of para-hydroxylation sites is 1. The fourth-order valence-corrected chi connectivity index (χ4v) is 2.58. The van der Waals surface area contributed by atoms with Crippen LogP contribution in [0.4, 0.5) is 5.69 Å². The van der Waals surface area contributed by atoms with Crippen LogP contribution in [0.2, 0.25) is 10.0 Å². The minimum Gasteiger partial charge on any atom is -0.324 e. The molecule has 0 radical (unpaired) electrons. The number of nitrogens with zero attached hydrogens (tertiary/aromatic N) is 1. The van der Waals surface area contributed by atoms with E-state index in [9.17, 15) is 4.79 Å². The zero-order valence-electron chi connectivity index (χ0n) is 11.5. The minimum atomic E-state index is -0.128. The number of benzene rings is 2. The smallest absolute Gasteiger partial charge is 0.246 e. The van der Waals surface area contributed by atoms with E-state index in [1.165, 1.54) is 0 Å². The molecule has 22 heavy (non-hydrogen) atoms. The van der Waals surface area contributed by atoms with Crippen LogP contribution >= 0.6 is 23.2 Å². The van der Waals surface area contributed by atoms with Crippen molar-refractivity contribution in [2.45, 2.75) is 0 Å². The number of hydrogen-bond donors (Lipinski definition) is 1. The summed E-state index contributed by atoms with van der Waals surface area (Å²) in [5.74, 6) is -0.128. The monoisotopic (exact) mass is 330 g/mol. The molecule has 5 heteroatoms. The Kier molecular flexibility index (Phi) is 4.27. The molecule has 0 saturated carbocycles. The van der Waals surface area contributed by atoms with Crippen LogP contribution in [0.5, 0.6) is 0 Å². The van der Waals surface area contributed by atoms with Gasteiger partial charge in [-0.2, -0.15) is 0 Å². The predicted octanol–water partition coefficient (Wildman–Crippen LogP) is 4.45. The highest BCUT2D eigenvalue weighted by Crippen LogP contribution is 2.27. The number of hydrogen-bond acceptors (Lipinski definition) is 2. The lowest BCUT2D eigenvalue weighted by Crippen LogP contribution is -2.13. The van der Waals surface area contributed by atoms with Crippen molar-refractivity contribution < 1.29 is 4.79 Å². The first-order valence-corrected chi connectivity index (χ1v) is 7.46. The molecular weight excluding hydrogens is 319 g/mol. The van der Waals surface area contributed by atoms with E-state index in [-0.39, 0.29) is 12.5 Å². The third kappa shape index (κ3) is 3.06. The molecule has 1 N–H and O–H groups in total. The molecule has 0 aliphatic carbocycles. The van der Waals surface area contributed by atoms with Gasteiger partial charge in [0.05, 0.1) is 21.4 Å². The van der Waals surface area contributed by atoms with Gasteiger partial charge in [0.2, 0.25) is 5.91 Å². The second kappa shape index (κ2) is 6.34. The third-order valence-corrected chi connectivity index (χ3v) is 4.11. The molecule has 3 nitrogen and oxygen atoms in total. The molecule has 1 heterocycles. The maximum atomic E-state index is 11.7. The van der Waals surface area contributed by atoms with E-state index in [0.717, 1.165) is 22.5 Å². The van der Waals surface area contributed by atoms with Gasteiger partial charge in [0, 0.05) is 5.56 Å². The van der Waals surface area contributed by atoms with E-state index in [1.807, 2.05) is 48.6 Å². The molecule has 2 aromatic carbocycles. The lowest BCUT2D eigenvalue weighted by Gasteiger charge is -2.06.